The van der Waals surface area contributed by atoms with Gasteiger partial charge in [-0.05, 0) is 36.6 Å². The predicted molar refractivity (Wildman–Crippen MR) is 72.4 cm³/mol. The smallest absolute Gasteiger partial charge is 0.251 e. The van der Waals surface area contributed by atoms with Crippen molar-refractivity contribution in [1.29, 1.82) is 0 Å². The van der Waals surface area contributed by atoms with Gasteiger partial charge in [-0.3, -0.25) is 4.79 Å². The highest BCUT2D eigenvalue weighted by atomic mass is 16.3. The zero-order valence-corrected chi connectivity index (χ0v) is 11.1. The number of aliphatic hydroxyl groups is 1. The van der Waals surface area contributed by atoms with Gasteiger partial charge in [0.15, 0.2) is 0 Å². The Bertz CT molecular complexity index is 363. The fourth-order valence-corrected chi connectivity index (χ4v) is 1.70. The minimum atomic E-state index is -0.0638. The number of benzene rings is 1. The van der Waals surface area contributed by atoms with Crippen LogP contribution < -0.4 is 10.6 Å². The summed E-state index contributed by atoms with van der Waals surface area (Å²) in [6.45, 7) is 4.02. The lowest BCUT2D eigenvalue weighted by Gasteiger charge is -2.11. The van der Waals surface area contributed by atoms with Crippen LogP contribution in [0.25, 0.3) is 0 Å². The first kappa shape index (κ1) is 14.7. The predicted octanol–water partition coefficient (Wildman–Crippen LogP) is 1.15. The Morgan fingerprint density at radius 1 is 1.33 bits per heavy atom. The van der Waals surface area contributed by atoms with Gasteiger partial charge >= 0.3 is 0 Å². The van der Waals surface area contributed by atoms with E-state index in [0.29, 0.717) is 11.5 Å². The van der Waals surface area contributed by atoms with Crippen molar-refractivity contribution >= 4 is 5.91 Å². The van der Waals surface area contributed by atoms with Crippen molar-refractivity contribution in [3.63, 3.8) is 0 Å². The number of rotatable bonds is 7. The summed E-state index contributed by atoms with van der Waals surface area (Å²) in [7, 11) is 1.63. The molecule has 0 aromatic heterocycles. The lowest BCUT2D eigenvalue weighted by Crippen LogP contribution is -2.21. The van der Waals surface area contributed by atoms with Crippen molar-refractivity contribution in [2.24, 2.45) is 5.92 Å². The summed E-state index contributed by atoms with van der Waals surface area (Å²) in [5.41, 5.74) is 1.83. The van der Waals surface area contributed by atoms with Crippen LogP contribution >= 0.6 is 0 Å². The fraction of sp³-hybridized carbons (Fsp3) is 0.500. The maximum Gasteiger partial charge on any atom is 0.251 e. The second-order valence-corrected chi connectivity index (χ2v) is 4.52. The molecule has 0 saturated carbocycles. The summed E-state index contributed by atoms with van der Waals surface area (Å²) >= 11 is 0. The molecular weight excluding hydrogens is 228 g/mol. The SMILES string of the molecule is CNC(=O)c1ccc(CNCC(C)CCO)cc1. The molecule has 1 rings (SSSR count). The Hall–Kier alpha value is -1.39. The Kier molecular flexibility index (Phi) is 6.39. The number of amides is 1. The number of carbonyl (C=O) groups is 1. The van der Waals surface area contributed by atoms with Gasteiger partial charge in [0, 0.05) is 25.8 Å². The molecule has 0 heterocycles. The van der Waals surface area contributed by atoms with E-state index in [9.17, 15) is 4.79 Å². The van der Waals surface area contributed by atoms with Gasteiger partial charge in [-0.1, -0.05) is 19.1 Å². The molecule has 3 N–H and O–H groups in total. The molecule has 1 amide bonds. The molecule has 18 heavy (non-hydrogen) atoms. The van der Waals surface area contributed by atoms with Crippen molar-refractivity contribution in [2.75, 3.05) is 20.2 Å². The largest absolute Gasteiger partial charge is 0.396 e. The van der Waals surface area contributed by atoms with Crippen LogP contribution in [0.15, 0.2) is 24.3 Å². The quantitative estimate of drug-likeness (QED) is 0.680. The molecule has 1 unspecified atom stereocenters. The molecule has 0 spiro atoms. The van der Waals surface area contributed by atoms with Crippen molar-refractivity contribution in [2.45, 2.75) is 19.9 Å². The summed E-state index contributed by atoms with van der Waals surface area (Å²) in [5.74, 6) is 0.409. The third kappa shape index (κ3) is 4.85. The topological polar surface area (TPSA) is 61.4 Å². The standard InChI is InChI=1S/C14H22N2O2/c1-11(7-8-17)9-16-10-12-3-5-13(6-4-12)14(18)15-2/h3-6,11,16-17H,7-10H2,1-2H3,(H,15,18). The molecule has 1 aromatic carbocycles. The van der Waals surface area contributed by atoms with Crippen LogP contribution in [0.4, 0.5) is 0 Å². The van der Waals surface area contributed by atoms with Crippen LogP contribution in [-0.4, -0.2) is 31.2 Å². The van der Waals surface area contributed by atoms with Gasteiger partial charge in [-0.2, -0.15) is 0 Å². The second kappa shape index (κ2) is 7.84. The van der Waals surface area contributed by atoms with E-state index in [1.165, 1.54) is 0 Å². The molecule has 0 radical (unpaired) electrons. The van der Waals surface area contributed by atoms with Gasteiger partial charge in [-0.25, -0.2) is 0 Å². The van der Waals surface area contributed by atoms with E-state index in [1.54, 1.807) is 7.05 Å². The van der Waals surface area contributed by atoms with Crippen LogP contribution in [-0.2, 0) is 6.54 Å². The Labute approximate surface area is 108 Å². The maximum atomic E-state index is 11.3. The number of carbonyl (C=O) groups excluding carboxylic acids is 1. The van der Waals surface area contributed by atoms with E-state index < -0.39 is 0 Å². The third-order valence-electron chi connectivity index (χ3n) is 2.89. The summed E-state index contributed by atoms with van der Waals surface area (Å²) in [5, 5.41) is 14.7. The van der Waals surface area contributed by atoms with E-state index in [-0.39, 0.29) is 12.5 Å². The molecule has 0 fully saturated rings. The molecule has 0 bridgehead atoms. The van der Waals surface area contributed by atoms with E-state index in [0.717, 1.165) is 25.1 Å². The molecule has 0 saturated heterocycles. The van der Waals surface area contributed by atoms with Crippen molar-refractivity contribution < 1.29 is 9.90 Å². The summed E-state index contributed by atoms with van der Waals surface area (Å²) < 4.78 is 0. The van der Waals surface area contributed by atoms with Crippen LogP contribution in [0.3, 0.4) is 0 Å². The molecule has 0 aliphatic carbocycles. The summed E-state index contributed by atoms with van der Waals surface area (Å²) in [6.07, 6.45) is 0.822. The van der Waals surface area contributed by atoms with E-state index >= 15 is 0 Å². The Morgan fingerprint density at radius 2 is 2.00 bits per heavy atom. The molecule has 0 aliphatic heterocycles. The highest BCUT2D eigenvalue weighted by molar-refractivity contribution is 5.93. The van der Waals surface area contributed by atoms with E-state index in [2.05, 4.69) is 17.6 Å². The third-order valence-corrected chi connectivity index (χ3v) is 2.89. The van der Waals surface area contributed by atoms with Gasteiger partial charge in [-0.15, -0.1) is 0 Å². The van der Waals surface area contributed by atoms with E-state index in [1.807, 2.05) is 24.3 Å². The van der Waals surface area contributed by atoms with Gasteiger partial charge in [0.05, 0.1) is 0 Å². The molecule has 100 valence electrons. The van der Waals surface area contributed by atoms with Crippen LogP contribution in [0.2, 0.25) is 0 Å². The lowest BCUT2D eigenvalue weighted by molar-refractivity contribution is 0.0963. The van der Waals surface area contributed by atoms with Crippen molar-refractivity contribution in [3.05, 3.63) is 35.4 Å². The van der Waals surface area contributed by atoms with Crippen molar-refractivity contribution in [1.82, 2.24) is 10.6 Å². The molecule has 4 heteroatoms. The molecule has 1 atom stereocenters. The van der Waals surface area contributed by atoms with Crippen LogP contribution in [0, 0.1) is 5.92 Å². The maximum absolute atomic E-state index is 11.3. The number of hydrogen-bond donors (Lipinski definition) is 3. The monoisotopic (exact) mass is 250 g/mol. The normalized spacial score (nSPS) is 12.2. The van der Waals surface area contributed by atoms with E-state index in [4.69, 9.17) is 5.11 Å². The average Bonchev–Trinajstić information content (AvgIpc) is 2.39. The first-order valence-corrected chi connectivity index (χ1v) is 6.30. The molecule has 4 nitrogen and oxygen atoms in total. The highest BCUT2D eigenvalue weighted by Gasteiger charge is 2.03. The number of hydrogen-bond acceptors (Lipinski definition) is 3. The zero-order chi connectivity index (χ0) is 13.4. The van der Waals surface area contributed by atoms with Crippen LogP contribution in [0.5, 0.6) is 0 Å². The van der Waals surface area contributed by atoms with Gasteiger partial charge in [0.1, 0.15) is 0 Å². The fourth-order valence-electron chi connectivity index (χ4n) is 1.70. The van der Waals surface area contributed by atoms with Crippen LogP contribution in [0.1, 0.15) is 29.3 Å². The summed E-state index contributed by atoms with van der Waals surface area (Å²) in [6, 6.07) is 7.56. The first-order valence-electron chi connectivity index (χ1n) is 6.30. The highest BCUT2D eigenvalue weighted by Crippen LogP contribution is 2.05. The van der Waals surface area contributed by atoms with Gasteiger partial charge in [0.25, 0.3) is 5.91 Å². The Morgan fingerprint density at radius 3 is 2.56 bits per heavy atom. The number of aliphatic hydroxyl groups excluding tert-OH is 1. The Balaban J connectivity index is 2.37. The minimum Gasteiger partial charge on any atom is -0.396 e. The second-order valence-electron chi connectivity index (χ2n) is 4.52. The molecular formula is C14H22N2O2. The molecule has 0 aliphatic rings. The lowest BCUT2D eigenvalue weighted by atomic mass is 10.1. The first-order chi connectivity index (χ1) is 8.67. The zero-order valence-electron chi connectivity index (χ0n) is 11.1. The minimum absolute atomic E-state index is 0.0638. The summed E-state index contributed by atoms with van der Waals surface area (Å²) in [4.78, 5) is 11.3. The average molecular weight is 250 g/mol. The van der Waals surface area contributed by atoms with Gasteiger partial charge in [0.2, 0.25) is 0 Å². The molecule has 1 aromatic rings. The van der Waals surface area contributed by atoms with Crippen molar-refractivity contribution in [3.8, 4) is 0 Å². The number of nitrogens with one attached hydrogen (secondary N) is 2. The van der Waals surface area contributed by atoms with Gasteiger partial charge < -0.3 is 15.7 Å².